The molecule has 1 aliphatic heterocycles. The first-order chi connectivity index (χ1) is 26.6. The summed E-state index contributed by atoms with van der Waals surface area (Å²) in [6, 6.07) is 12.1. The van der Waals surface area contributed by atoms with Crippen LogP contribution in [0.25, 0.3) is 0 Å². The van der Waals surface area contributed by atoms with Gasteiger partial charge in [0.05, 0.1) is 24.5 Å². The molecule has 3 rings (SSSR count). The standard InChI is InChI=1S/C43H65N5O7/c1-2-3-4-5-6-7-8-9-10-11-12-13-14-15-16-20-40(49)45-36-24-21-35(22-25-36)23-26-39(43(54)55)48-29-27-46(33-41(50)51)31-37-18-17-19-38(44-37)32-47(28-30-48)34-42(52)53/h9-10,17-19,21-22,24-25,39H,2-8,11-16,20,23,26-34H2,1H3,(H,45,49)(H,50,51)(H,52,53)(H,54,55)/b10-9+. The molecule has 0 radical (unpaired) electrons. The van der Waals surface area contributed by atoms with E-state index in [4.69, 9.17) is 0 Å². The van der Waals surface area contributed by atoms with Crippen LogP contribution >= 0.6 is 0 Å². The largest absolute Gasteiger partial charge is 0.480 e. The average Bonchev–Trinajstić information content (AvgIpc) is 3.13. The number of hydrogen-bond acceptors (Lipinski definition) is 8. The Hall–Kier alpha value is -4.13. The molecule has 4 N–H and O–H groups in total. The average molecular weight is 764 g/mol. The second-order valence-corrected chi connectivity index (χ2v) is 14.8. The number of amides is 1. The molecule has 1 amide bonds. The van der Waals surface area contributed by atoms with E-state index in [0.717, 1.165) is 31.2 Å². The van der Waals surface area contributed by atoms with Gasteiger partial charge in [-0.25, -0.2) is 0 Å². The van der Waals surface area contributed by atoms with E-state index in [2.05, 4.69) is 29.4 Å². The van der Waals surface area contributed by atoms with Gasteiger partial charge in [0, 0.05) is 51.4 Å². The highest BCUT2D eigenvalue weighted by Crippen LogP contribution is 2.17. The lowest BCUT2D eigenvalue weighted by Crippen LogP contribution is -2.49. The zero-order valence-electron chi connectivity index (χ0n) is 33.0. The van der Waals surface area contributed by atoms with Gasteiger partial charge in [0.1, 0.15) is 6.04 Å². The Kier molecular flexibility index (Phi) is 21.9. The van der Waals surface area contributed by atoms with E-state index < -0.39 is 23.9 Å². The van der Waals surface area contributed by atoms with Crippen LogP contribution < -0.4 is 5.32 Å². The molecule has 2 aromatic rings. The zero-order valence-corrected chi connectivity index (χ0v) is 33.0. The van der Waals surface area contributed by atoms with Crippen molar-refractivity contribution < 1.29 is 34.5 Å². The molecule has 1 unspecified atom stereocenters. The molecular weight excluding hydrogens is 699 g/mol. The smallest absolute Gasteiger partial charge is 0.320 e. The predicted octanol–water partition coefficient (Wildman–Crippen LogP) is 7.23. The Morgan fingerprint density at radius 2 is 1.24 bits per heavy atom. The Morgan fingerprint density at radius 3 is 1.76 bits per heavy atom. The van der Waals surface area contributed by atoms with Gasteiger partial charge < -0.3 is 20.6 Å². The van der Waals surface area contributed by atoms with Crippen LogP contribution in [-0.4, -0.2) is 104 Å². The lowest BCUT2D eigenvalue weighted by atomic mass is 10.0. The van der Waals surface area contributed by atoms with Gasteiger partial charge in [-0.15, -0.1) is 0 Å². The monoisotopic (exact) mass is 763 g/mol. The number of hydrogen-bond donors (Lipinski definition) is 4. The number of aliphatic carboxylic acids is 3. The van der Waals surface area contributed by atoms with Gasteiger partial charge in [-0.05, 0) is 74.8 Å². The minimum atomic E-state index is -0.993. The Labute approximate surface area is 328 Å². The van der Waals surface area contributed by atoms with Crippen molar-refractivity contribution in [1.29, 1.82) is 0 Å². The number of nitrogens with one attached hydrogen (secondary N) is 1. The molecule has 0 spiro atoms. The SMILES string of the molecule is CCCCCCCC/C=C/CCCCCCCC(=O)Nc1ccc(CCC(C(=O)O)N2CCN(CC(=O)O)Cc3cccc(n3)CN(CC(=O)O)CC2)cc1. The van der Waals surface area contributed by atoms with Crippen LogP contribution in [0.2, 0.25) is 0 Å². The van der Waals surface area contributed by atoms with Crippen LogP contribution in [0.5, 0.6) is 0 Å². The molecule has 2 heterocycles. The predicted molar refractivity (Wildman–Crippen MR) is 216 cm³/mol. The first-order valence-corrected chi connectivity index (χ1v) is 20.5. The third-order valence-corrected chi connectivity index (χ3v) is 10.1. The Balaban J connectivity index is 1.44. The van der Waals surface area contributed by atoms with Crippen molar-refractivity contribution in [2.45, 2.75) is 129 Å². The molecule has 12 heteroatoms. The molecule has 304 valence electrons. The van der Waals surface area contributed by atoms with Crippen LogP contribution in [0.4, 0.5) is 5.69 Å². The first-order valence-electron chi connectivity index (χ1n) is 20.5. The highest BCUT2D eigenvalue weighted by atomic mass is 16.4. The van der Waals surface area contributed by atoms with Gasteiger partial charge in [-0.3, -0.25) is 38.9 Å². The van der Waals surface area contributed by atoms with E-state index in [0.29, 0.717) is 49.4 Å². The summed E-state index contributed by atoms with van der Waals surface area (Å²) in [7, 11) is 0. The molecule has 55 heavy (non-hydrogen) atoms. The number of carboxylic acid groups (broad SMARTS) is 3. The maximum atomic E-state index is 12.7. The fourth-order valence-electron chi connectivity index (χ4n) is 7.04. The summed E-state index contributed by atoms with van der Waals surface area (Å²) >= 11 is 0. The van der Waals surface area contributed by atoms with Crippen molar-refractivity contribution in [3.8, 4) is 0 Å². The van der Waals surface area contributed by atoms with Crippen molar-refractivity contribution in [2.75, 3.05) is 44.6 Å². The lowest BCUT2D eigenvalue weighted by molar-refractivity contribution is -0.145. The summed E-state index contributed by atoms with van der Waals surface area (Å²) < 4.78 is 0. The molecule has 1 aromatic carbocycles. The van der Waals surface area contributed by atoms with E-state index in [1.54, 1.807) is 21.9 Å². The van der Waals surface area contributed by atoms with E-state index in [9.17, 15) is 34.5 Å². The highest BCUT2D eigenvalue weighted by Gasteiger charge is 2.27. The zero-order chi connectivity index (χ0) is 39.7. The normalized spacial score (nSPS) is 15.3. The maximum absolute atomic E-state index is 12.7. The van der Waals surface area contributed by atoms with Crippen LogP contribution in [0.1, 0.15) is 120 Å². The summed E-state index contributed by atoms with van der Waals surface area (Å²) in [5.74, 6) is -2.98. The molecular formula is C43H65N5O7. The number of fused-ring (bicyclic) bond motifs is 2. The molecule has 0 saturated carbocycles. The third kappa shape index (κ3) is 19.9. The van der Waals surface area contributed by atoms with Gasteiger partial charge in [0.2, 0.25) is 5.91 Å². The van der Waals surface area contributed by atoms with E-state index in [1.807, 2.05) is 35.2 Å². The van der Waals surface area contributed by atoms with E-state index in [-0.39, 0.29) is 45.2 Å². The second-order valence-electron chi connectivity index (χ2n) is 14.8. The second kappa shape index (κ2) is 26.6. The number of rotatable bonds is 25. The molecule has 1 aromatic heterocycles. The van der Waals surface area contributed by atoms with E-state index >= 15 is 0 Å². The van der Waals surface area contributed by atoms with Gasteiger partial charge in [-0.2, -0.15) is 0 Å². The van der Waals surface area contributed by atoms with Crippen molar-refractivity contribution >= 4 is 29.5 Å². The molecule has 0 saturated heterocycles. The topological polar surface area (TPSA) is 164 Å². The number of pyridine rings is 1. The van der Waals surface area contributed by atoms with Crippen LogP contribution in [0.3, 0.4) is 0 Å². The number of anilines is 1. The van der Waals surface area contributed by atoms with Crippen molar-refractivity contribution in [1.82, 2.24) is 19.7 Å². The number of carboxylic acids is 3. The number of carbonyl (C=O) groups is 4. The van der Waals surface area contributed by atoms with E-state index in [1.165, 1.54) is 57.8 Å². The van der Waals surface area contributed by atoms with Gasteiger partial charge >= 0.3 is 17.9 Å². The molecule has 0 aliphatic carbocycles. The Morgan fingerprint density at radius 1 is 0.709 bits per heavy atom. The summed E-state index contributed by atoms with van der Waals surface area (Å²) in [5.41, 5.74) is 2.97. The number of aromatic nitrogens is 1. The van der Waals surface area contributed by atoms with Crippen LogP contribution in [-0.2, 0) is 38.7 Å². The number of aryl methyl sites for hydroxylation is 1. The number of carbonyl (C=O) groups excluding carboxylic acids is 1. The number of unbranched alkanes of at least 4 members (excludes halogenated alkanes) is 11. The third-order valence-electron chi connectivity index (χ3n) is 10.1. The minimum absolute atomic E-state index is 0.0106. The lowest BCUT2D eigenvalue weighted by Gasteiger charge is -2.33. The molecule has 12 nitrogen and oxygen atoms in total. The first kappa shape index (κ1) is 45.3. The highest BCUT2D eigenvalue weighted by molar-refractivity contribution is 5.90. The number of nitrogens with zero attached hydrogens (tertiary/aromatic N) is 4. The summed E-state index contributed by atoms with van der Waals surface area (Å²) in [4.78, 5) is 58.5. The summed E-state index contributed by atoms with van der Waals surface area (Å²) in [6.07, 6.45) is 21.7. The van der Waals surface area contributed by atoms with Gasteiger partial charge in [0.25, 0.3) is 0 Å². The summed E-state index contributed by atoms with van der Waals surface area (Å²) in [6.45, 7) is 3.51. The van der Waals surface area contributed by atoms with Crippen molar-refractivity contribution in [2.24, 2.45) is 0 Å². The van der Waals surface area contributed by atoms with Crippen LogP contribution in [0.15, 0.2) is 54.6 Å². The molecule has 2 bridgehead atoms. The van der Waals surface area contributed by atoms with Crippen molar-refractivity contribution in [3.63, 3.8) is 0 Å². The number of allylic oxidation sites excluding steroid dienone is 2. The maximum Gasteiger partial charge on any atom is 0.320 e. The Bertz CT molecular complexity index is 1420. The van der Waals surface area contributed by atoms with Crippen molar-refractivity contribution in [3.05, 3.63) is 71.6 Å². The fraction of sp³-hybridized carbons (Fsp3) is 0.605. The van der Waals surface area contributed by atoms with Gasteiger partial charge in [-0.1, -0.05) is 88.6 Å². The van der Waals surface area contributed by atoms with Crippen LogP contribution in [0, 0.1) is 0 Å². The fourth-order valence-corrected chi connectivity index (χ4v) is 7.04. The number of benzene rings is 1. The molecule has 1 aliphatic rings. The minimum Gasteiger partial charge on any atom is -0.480 e. The molecule has 0 fully saturated rings. The van der Waals surface area contributed by atoms with Gasteiger partial charge in [0.15, 0.2) is 0 Å². The summed E-state index contributed by atoms with van der Waals surface area (Å²) in [5, 5.41) is 32.4. The molecule has 1 atom stereocenters. The quantitative estimate of drug-likeness (QED) is 0.0596.